The van der Waals surface area contributed by atoms with Gasteiger partial charge in [0.1, 0.15) is 0 Å². The molecule has 0 spiro atoms. The van der Waals surface area contributed by atoms with E-state index in [9.17, 15) is 9.59 Å². The molecule has 0 aliphatic heterocycles. The Labute approximate surface area is 141 Å². The highest BCUT2D eigenvalue weighted by molar-refractivity contribution is 7.99. The van der Waals surface area contributed by atoms with Crippen molar-refractivity contribution in [1.29, 1.82) is 0 Å². The lowest BCUT2D eigenvalue weighted by Gasteiger charge is -2.16. The standard InChI is InChI=1S/C15H24N4O3S/c1-11-8-12(2)18-15(17-11)23-10-14(21)19(3)9-13(20)16-6-5-7-22-4/h8H,5-7,9-10H2,1-4H3,(H,16,20). The number of likely N-dealkylation sites (N-methyl/N-ethyl adjacent to an activating group) is 1. The van der Waals surface area contributed by atoms with Gasteiger partial charge in [0.05, 0.1) is 12.3 Å². The number of ether oxygens (including phenoxy) is 1. The van der Waals surface area contributed by atoms with E-state index in [1.54, 1.807) is 14.2 Å². The molecule has 0 saturated heterocycles. The SMILES string of the molecule is COCCCNC(=O)CN(C)C(=O)CSc1nc(C)cc(C)n1. The molecule has 8 heteroatoms. The molecule has 0 aliphatic carbocycles. The van der Waals surface area contributed by atoms with Crippen LogP contribution >= 0.6 is 11.8 Å². The van der Waals surface area contributed by atoms with Crippen molar-refractivity contribution in [3.8, 4) is 0 Å². The van der Waals surface area contributed by atoms with Crippen molar-refractivity contribution < 1.29 is 14.3 Å². The Morgan fingerprint density at radius 2 is 1.96 bits per heavy atom. The third-order valence-corrected chi connectivity index (χ3v) is 3.77. The van der Waals surface area contributed by atoms with Crippen LogP contribution in [0.3, 0.4) is 0 Å². The smallest absolute Gasteiger partial charge is 0.239 e. The van der Waals surface area contributed by atoms with E-state index in [0.29, 0.717) is 18.3 Å². The van der Waals surface area contributed by atoms with Gasteiger partial charge in [0.25, 0.3) is 0 Å². The molecule has 1 rings (SSSR count). The van der Waals surface area contributed by atoms with Crippen molar-refractivity contribution in [1.82, 2.24) is 20.2 Å². The van der Waals surface area contributed by atoms with E-state index >= 15 is 0 Å². The largest absolute Gasteiger partial charge is 0.385 e. The number of amides is 2. The maximum Gasteiger partial charge on any atom is 0.239 e. The molecule has 0 aromatic carbocycles. The minimum absolute atomic E-state index is 0.0417. The zero-order valence-corrected chi connectivity index (χ0v) is 14.9. The van der Waals surface area contributed by atoms with Crippen molar-refractivity contribution in [2.75, 3.05) is 39.6 Å². The third kappa shape index (κ3) is 7.94. The Kier molecular flexibility index (Phi) is 8.57. The van der Waals surface area contributed by atoms with Crippen molar-refractivity contribution >= 4 is 23.6 Å². The highest BCUT2D eigenvalue weighted by Gasteiger charge is 2.14. The Morgan fingerprint density at radius 1 is 1.30 bits per heavy atom. The summed E-state index contributed by atoms with van der Waals surface area (Å²) in [5.74, 6) is -0.106. The molecule has 2 amide bonds. The number of hydrogen-bond donors (Lipinski definition) is 1. The molecule has 0 atom stereocenters. The van der Waals surface area contributed by atoms with Crippen LogP contribution in [0.1, 0.15) is 17.8 Å². The van der Waals surface area contributed by atoms with Crippen molar-refractivity contribution in [3.63, 3.8) is 0 Å². The fourth-order valence-electron chi connectivity index (χ4n) is 1.80. The van der Waals surface area contributed by atoms with E-state index in [1.807, 2.05) is 19.9 Å². The van der Waals surface area contributed by atoms with Crippen LogP contribution in [0.5, 0.6) is 0 Å². The van der Waals surface area contributed by atoms with Gasteiger partial charge in [-0.3, -0.25) is 9.59 Å². The molecule has 1 aromatic rings. The molecule has 0 unspecified atom stereocenters. The minimum atomic E-state index is -0.176. The monoisotopic (exact) mass is 340 g/mol. The average molecular weight is 340 g/mol. The molecule has 23 heavy (non-hydrogen) atoms. The number of hydrogen-bond acceptors (Lipinski definition) is 6. The summed E-state index contributed by atoms with van der Waals surface area (Å²) in [6, 6.07) is 1.88. The van der Waals surface area contributed by atoms with Crippen molar-refractivity contribution in [2.24, 2.45) is 0 Å². The van der Waals surface area contributed by atoms with Gasteiger partial charge in [0.2, 0.25) is 11.8 Å². The average Bonchev–Trinajstić information content (AvgIpc) is 2.48. The van der Waals surface area contributed by atoms with Gasteiger partial charge in [-0.1, -0.05) is 11.8 Å². The van der Waals surface area contributed by atoms with Gasteiger partial charge >= 0.3 is 0 Å². The molecule has 1 N–H and O–H groups in total. The maximum atomic E-state index is 12.0. The summed E-state index contributed by atoms with van der Waals surface area (Å²) >= 11 is 1.28. The summed E-state index contributed by atoms with van der Waals surface area (Å²) < 4.78 is 4.90. The Balaban J connectivity index is 2.34. The van der Waals surface area contributed by atoms with Crippen LogP contribution in [-0.4, -0.2) is 66.3 Å². The van der Waals surface area contributed by atoms with E-state index in [0.717, 1.165) is 17.8 Å². The van der Waals surface area contributed by atoms with Crippen LogP contribution in [0.25, 0.3) is 0 Å². The lowest BCUT2D eigenvalue weighted by Crippen LogP contribution is -2.39. The Hall–Kier alpha value is -1.67. The maximum absolute atomic E-state index is 12.0. The first kappa shape index (κ1) is 19.4. The number of methoxy groups -OCH3 is 1. The molecular formula is C15H24N4O3S. The highest BCUT2D eigenvalue weighted by Crippen LogP contribution is 2.14. The number of thioether (sulfide) groups is 1. The molecule has 0 radical (unpaired) electrons. The van der Waals surface area contributed by atoms with Crippen molar-refractivity contribution in [3.05, 3.63) is 17.5 Å². The van der Waals surface area contributed by atoms with Crippen LogP contribution < -0.4 is 5.32 Å². The molecule has 0 aliphatic rings. The van der Waals surface area contributed by atoms with Crippen LogP contribution in [0.2, 0.25) is 0 Å². The number of aromatic nitrogens is 2. The summed E-state index contributed by atoms with van der Waals surface area (Å²) in [5.41, 5.74) is 1.74. The van der Waals surface area contributed by atoms with Crippen LogP contribution in [0, 0.1) is 13.8 Å². The fraction of sp³-hybridized carbons (Fsp3) is 0.600. The molecule has 7 nitrogen and oxygen atoms in total. The summed E-state index contributed by atoms with van der Waals surface area (Å²) in [7, 11) is 3.23. The Bertz CT molecular complexity index is 519. The fourth-order valence-corrected chi connectivity index (χ4v) is 2.69. The molecule has 0 bridgehead atoms. The lowest BCUT2D eigenvalue weighted by atomic mass is 10.4. The second-order valence-corrected chi connectivity index (χ2v) is 6.11. The summed E-state index contributed by atoms with van der Waals surface area (Å²) in [4.78, 5) is 33.7. The molecule has 0 saturated carbocycles. The molecule has 0 fully saturated rings. The van der Waals surface area contributed by atoms with Gasteiger partial charge < -0.3 is 15.0 Å². The first-order chi connectivity index (χ1) is 10.9. The van der Waals surface area contributed by atoms with Gasteiger partial charge in [-0.25, -0.2) is 9.97 Å². The van der Waals surface area contributed by atoms with Gasteiger partial charge in [0, 0.05) is 38.7 Å². The predicted molar refractivity (Wildman–Crippen MR) is 89.4 cm³/mol. The quantitative estimate of drug-likeness (QED) is 0.407. The number of aryl methyl sites for hydroxylation is 2. The third-order valence-electron chi connectivity index (χ3n) is 2.94. The van der Waals surface area contributed by atoms with Gasteiger partial charge in [-0.05, 0) is 26.3 Å². The summed E-state index contributed by atoms with van der Waals surface area (Å²) in [6.07, 6.45) is 0.750. The normalized spacial score (nSPS) is 10.4. The number of rotatable bonds is 9. The summed E-state index contributed by atoms with van der Waals surface area (Å²) in [6.45, 7) is 4.96. The first-order valence-corrected chi connectivity index (χ1v) is 8.35. The topological polar surface area (TPSA) is 84.4 Å². The van der Waals surface area contributed by atoms with E-state index in [4.69, 9.17) is 4.74 Å². The number of nitrogens with zero attached hydrogens (tertiary/aromatic N) is 3. The predicted octanol–water partition coefficient (Wildman–Crippen LogP) is 0.797. The van der Waals surface area contributed by atoms with E-state index in [2.05, 4.69) is 15.3 Å². The van der Waals surface area contributed by atoms with E-state index < -0.39 is 0 Å². The van der Waals surface area contributed by atoms with Crippen LogP contribution in [-0.2, 0) is 14.3 Å². The van der Waals surface area contributed by atoms with Gasteiger partial charge in [-0.15, -0.1) is 0 Å². The zero-order valence-electron chi connectivity index (χ0n) is 14.1. The van der Waals surface area contributed by atoms with E-state index in [1.165, 1.54) is 16.7 Å². The molecular weight excluding hydrogens is 316 g/mol. The number of nitrogens with one attached hydrogen (secondary N) is 1. The Morgan fingerprint density at radius 3 is 2.57 bits per heavy atom. The zero-order chi connectivity index (χ0) is 17.2. The van der Waals surface area contributed by atoms with Gasteiger partial charge in [-0.2, -0.15) is 0 Å². The lowest BCUT2D eigenvalue weighted by molar-refractivity contribution is -0.132. The molecule has 1 aromatic heterocycles. The summed E-state index contributed by atoms with van der Waals surface area (Å²) in [5, 5.41) is 3.32. The number of carbonyl (C=O) groups is 2. The second kappa shape index (κ2) is 10.2. The minimum Gasteiger partial charge on any atom is -0.385 e. The highest BCUT2D eigenvalue weighted by atomic mass is 32.2. The second-order valence-electron chi connectivity index (χ2n) is 5.17. The first-order valence-electron chi connectivity index (χ1n) is 7.37. The number of carbonyl (C=O) groups excluding carboxylic acids is 2. The molecule has 128 valence electrons. The van der Waals surface area contributed by atoms with Crippen LogP contribution in [0.15, 0.2) is 11.2 Å². The van der Waals surface area contributed by atoms with Gasteiger partial charge in [0.15, 0.2) is 5.16 Å². The molecule has 1 heterocycles. The van der Waals surface area contributed by atoms with Crippen molar-refractivity contribution in [2.45, 2.75) is 25.4 Å². The van der Waals surface area contributed by atoms with Crippen LogP contribution in [0.4, 0.5) is 0 Å². The van der Waals surface area contributed by atoms with E-state index in [-0.39, 0.29) is 24.1 Å².